The van der Waals surface area contributed by atoms with Crippen molar-refractivity contribution in [3.05, 3.63) is 78.1 Å². The van der Waals surface area contributed by atoms with E-state index in [0.29, 0.717) is 0 Å². The van der Waals surface area contributed by atoms with Gasteiger partial charge in [-0.1, -0.05) is 60.7 Å². The predicted octanol–water partition coefficient (Wildman–Crippen LogP) is 3.67. The van der Waals surface area contributed by atoms with Crippen molar-refractivity contribution in [2.75, 3.05) is 0 Å². The number of rotatable bonds is 3. The number of aromatic nitrogens is 2. The monoisotopic (exact) mass is 234 g/mol. The third-order valence-corrected chi connectivity index (χ3v) is 2.91. The molecule has 0 fully saturated rings. The Labute approximate surface area is 106 Å². The molecule has 0 radical (unpaired) electrons. The van der Waals surface area contributed by atoms with Crippen molar-refractivity contribution >= 4 is 0 Å². The lowest BCUT2D eigenvalue weighted by Crippen LogP contribution is -1.87. The molecule has 2 heteroatoms. The molecule has 0 saturated carbocycles. The summed E-state index contributed by atoms with van der Waals surface area (Å²) in [7, 11) is 0. The highest BCUT2D eigenvalue weighted by Gasteiger charge is 2.03. The fourth-order valence-electron chi connectivity index (χ4n) is 2.01. The van der Waals surface area contributed by atoms with Crippen molar-refractivity contribution < 1.29 is 0 Å². The number of hydrogen-bond donors (Lipinski definition) is 1. The van der Waals surface area contributed by atoms with Crippen LogP contribution >= 0.6 is 0 Å². The molecule has 0 saturated heterocycles. The van der Waals surface area contributed by atoms with E-state index in [2.05, 4.69) is 46.4 Å². The van der Waals surface area contributed by atoms with Gasteiger partial charge in [0.2, 0.25) is 0 Å². The van der Waals surface area contributed by atoms with Gasteiger partial charge >= 0.3 is 0 Å². The number of imidazole rings is 1. The van der Waals surface area contributed by atoms with E-state index in [1.807, 2.05) is 30.5 Å². The van der Waals surface area contributed by atoms with Crippen LogP contribution in [0.3, 0.4) is 0 Å². The summed E-state index contributed by atoms with van der Waals surface area (Å²) in [6.07, 6.45) is 2.80. The molecule has 2 aromatic carbocycles. The van der Waals surface area contributed by atoms with Gasteiger partial charge in [-0.25, -0.2) is 4.98 Å². The van der Waals surface area contributed by atoms with Gasteiger partial charge in [-0.15, -0.1) is 0 Å². The van der Waals surface area contributed by atoms with Gasteiger partial charge in [0, 0.05) is 23.9 Å². The van der Waals surface area contributed by atoms with E-state index in [-0.39, 0.29) is 0 Å². The van der Waals surface area contributed by atoms with Gasteiger partial charge in [0.05, 0.1) is 0 Å². The van der Waals surface area contributed by atoms with Crippen LogP contribution in [0.4, 0.5) is 0 Å². The summed E-state index contributed by atoms with van der Waals surface area (Å²) in [4.78, 5) is 7.79. The van der Waals surface area contributed by atoms with Crippen LogP contribution in [0.2, 0.25) is 0 Å². The van der Waals surface area contributed by atoms with Crippen molar-refractivity contribution in [3.63, 3.8) is 0 Å². The summed E-state index contributed by atoms with van der Waals surface area (Å²) in [5.41, 5.74) is 3.55. The maximum Gasteiger partial charge on any atom is 0.137 e. The van der Waals surface area contributed by atoms with E-state index in [1.54, 1.807) is 0 Å². The van der Waals surface area contributed by atoms with E-state index in [0.717, 1.165) is 23.5 Å². The number of aromatic amines is 1. The van der Waals surface area contributed by atoms with Gasteiger partial charge in [0.15, 0.2) is 0 Å². The van der Waals surface area contributed by atoms with E-state index < -0.39 is 0 Å². The molecule has 0 amide bonds. The third-order valence-electron chi connectivity index (χ3n) is 2.91. The molecule has 0 aliphatic heterocycles. The number of nitrogens with zero attached hydrogens (tertiary/aromatic N) is 1. The first-order valence-electron chi connectivity index (χ1n) is 6.05. The summed E-state index contributed by atoms with van der Waals surface area (Å²) < 4.78 is 0. The molecule has 0 aliphatic rings. The number of benzene rings is 2. The minimum absolute atomic E-state index is 0.890. The SMILES string of the molecule is c1ccc(Cc2cnc(-c3ccccc3)[nH]2)cc1. The first-order chi connectivity index (χ1) is 8.92. The molecule has 1 N–H and O–H groups in total. The molecule has 0 bridgehead atoms. The van der Waals surface area contributed by atoms with Crippen molar-refractivity contribution in [2.45, 2.75) is 6.42 Å². The molecule has 1 heterocycles. The lowest BCUT2D eigenvalue weighted by atomic mass is 10.1. The molecule has 88 valence electrons. The molecular formula is C16H14N2. The molecule has 3 aromatic rings. The Hall–Kier alpha value is -2.35. The lowest BCUT2D eigenvalue weighted by Gasteiger charge is -1.98. The average Bonchev–Trinajstić information content (AvgIpc) is 2.89. The molecule has 3 rings (SSSR count). The maximum atomic E-state index is 4.43. The summed E-state index contributed by atoms with van der Waals surface area (Å²) in [5, 5.41) is 0. The Bertz CT molecular complexity index is 612. The number of nitrogens with one attached hydrogen (secondary N) is 1. The normalized spacial score (nSPS) is 10.4. The highest BCUT2D eigenvalue weighted by Crippen LogP contribution is 2.16. The second-order valence-electron chi connectivity index (χ2n) is 4.29. The lowest BCUT2D eigenvalue weighted by molar-refractivity contribution is 1.11. The summed E-state index contributed by atoms with van der Waals surface area (Å²) in [6.45, 7) is 0. The molecule has 2 nitrogen and oxygen atoms in total. The Kier molecular flexibility index (Phi) is 2.92. The highest BCUT2D eigenvalue weighted by atomic mass is 14.9. The topological polar surface area (TPSA) is 28.7 Å². The van der Waals surface area contributed by atoms with Gasteiger partial charge in [0.25, 0.3) is 0 Å². The fourth-order valence-corrected chi connectivity index (χ4v) is 2.01. The van der Waals surface area contributed by atoms with E-state index in [4.69, 9.17) is 0 Å². The van der Waals surface area contributed by atoms with Gasteiger partial charge in [-0.3, -0.25) is 0 Å². The minimum Gasteiger partial charge on any atom is -0.342 e. The highest BCUT2D eigenvalue weighted by molar-refractivity contribution is 5.54. The van der Waals surface area contributed by atoms with Gasteiger partial charge in [-0.2, -0.15) is 0 Å². The van der Waals surface area contributed by atoms with Gasteiger partial charge in [0.1, 0.15) is 5.82 Å². The van der Waals surface area contributed by atoms with Crippen LogP contribution in [0, 0.1) is 0 Å². The Morgan fingerprint density at radius 2 is 1.50 bits per heavy atom. The first kappa shape index (κ1) is 10.8. The van der Waals surface area contributed by atoms with Crippen LogP contribution in [-0.4, -0.2) is 9.97 Å². The van der Waals surface area contributed by atoms with Crippen LogP contribution in [0.25, 0.3) is 11.4 Å². The molecular weight excluding hydrogens is 220 g/mol. The third kappa shape index (κ3) is 2.33. The first-order valence-corrected chi connectivity index (χ1v) is 6.05. The van der Waals surface area contributed by atoms with Crippen LogP contribution in [-0.2, 0) is 6.42 Å². The zero-order valence-corrected chi connectivity index (χ0v) is 10.0. The predicted molar refractivity (Wildman–Crippen MR) is 73.3 cm³/mol. The van der Waals surface area contributed by atoms with Crippen LogP contribution in [0.15, 0.2) is 66.9 Å². The molecule has 0 atom stereocenters. The maximum absolute atomic E-state index is 4.43. The molecule has 1 aromatic heterocycles. The van der Waals surface area contributed by atoms with Crippen LogP contribution in [0.1, 0.15) is 11.3 Å². The second kappa shape index (κ2) is 4.88. The van der Waals surface area contributed by atoms with E-state index in [1.165, 1.54) is 5.56 Å². The minimum atomic E-state index is 0.890. The van der Waals surface area contributed by atoms with Gasteiger partial charge < -0.3 is 4.98 Å². The number of hydrogen-bond acceptors (Lipinski definition) is 1. The smallest absolute Gasteiger partial charge is 0.137 e. The van der Waals surface area contributed by atoms with E-state index in [9.17, 15) is 0 Å². The average molecular weight is 234 g/mol. The molecule has 0 unspecified atom stereocenters. The quantitative estimate of drug-likeness (QED) is 0.736. The molecule has 0 aliphatic carbocycles. The van der Waals surface area contributed by atoms with Crippen molar-refractivity contribution in [2.24, 2.45) is 0 Å². The summed E-state index contributed by atoms with van der Waals surface area (Å²) in [5.74, 6) is 0.932. The van der Waals surface area contributed by atoms with Crippen molar-refractivity contribution in [3.8, 4) is 11.4 Å². The summed E-state index contributed by atoms with van der Waals surface area (Å²) in [6, 6.07) is 20.6. The Morgan fingerprint density at radius 1 is 0.833 bits per heavy atom. The zero-order chi connectivity index (χ0) is 12.2. The van der Waals surface area contributed by atoms with Crippen LogP contribution < -0.4 is 0 Å². The second-order valence-corrected chi connectivity index (χ2v) is 4.29. The molecule has 0 spiro atoms. The fraction of sp³-hybridized carbons (Fsp3) is 0.0625. The summed E-state index contributed by atoms with van der Waals surface area (Å²) >= 11 is 0. The van der Waals surface area contributed by atoms with Crippen molar-refractivity contribution in [1.29, 1.82) is 0 Å². The largest absolute Gasteiger partial charge is 0.342 e. The standard InChI is InChI=1S/C16H14N2/c1-3-7-13(8-4-1)11-15-12-17-16(18-15)14-9-5-2-6-10-14/h1-10,12H,11H2,(H,17,18). The van der Waals surface area contributed by atoms with Crippen LogP contribution in [0.5, 0.6) is 0 Å². The Balaban J connectivity index is 1.82. The molecule has 18 heavy (non-hydrogen) atoms. The van der Waals surface area contributed by atoms with Gasteiger partial charge in [-0.05, 0) is 5.56 Å². The van der Waals surface area contributed by atoms with E-state index >= 15 is 0 Å². The number of H-pyrrole nitrogens is 1. The van der Waals surface area contributed by atoms with Crippen molar-refractivity contribution in [1.82, 2.24) is 9.97 Å². The zero-order valence-electron chi connectivity index (χ0n) is 10.0. The Morgan fingerprint density at radius 3 is 2.22 bits per heavy atom.